The van der Waals surface area contributed by atoms with E-state index in [1.165, 1.54) is 5.56 Å². The smallest absolute Gasteiger partial charge is 0.153 e. The van der Waals surface area contributed by atoms with Gasteiger partial charge in [0.2, 0.25) is 0 Å². The molecule has 0 saturated carbocycles. The van der Waals surface area contributed by atoms with Crippen LogP contribution in [-0.2, 0) is 0 Å². The van der Waals surface area contributed by atoms with Crippen LogP contribution < -0.4 is 4.74 Å². The zero-order chi connectivity index (χ0) is 15.2. The molecule has 116 valence electrons. The molecule has 5 nitrogen and oxygen atoms in total. The van der Waals surface area contributed by atoms with Gasteiger partial charge in [0.25, 0.3) is 0 Å². The predicted molar refractivity (Wildman–Crippen MR) is 79.9 cm³/mol. The van der Waals surface area contributed by atoms with Crippen molar-refractivity contribution < 1.29 is 19.7 Å². The van der Waals surface area contributed by atoms with Crippen LogP contribution in [0.4, 0.5) is 0 Å². The van der Waals surface area contributed by atoms with E-state index < -0.39 is 6.10 Å². The molecule has 21 heavy (non-hydrogen) atoms. The normalized spacial score (nSPS) is 18.4. The topological polar surface area (TPSA) is 70.0 Å². The number of aldehydes is 1. The predicted octanol–water partition coefficient (Wildman–Crippen LogP) is 1.04. The van der Waals surface area contributed by atoms with E-state index >= 15 is 0 Å². The second-order valence-electron chi connectivity index (χ2n) is 5.53. The molecular weight excluding hydrogens is 270 g/mol. The van der Waals surface area contributed by atoms with Gasteiger partial charge in [0, 0.05) is 6.54 Å². The molecule has 1 aliphatic heterocycles. The summed E-state index contributed by atoms with van der Waals surface area (Å²) in [5.74, 6) is 1.07. The fourth-order valence-corrected chi connectivity index (χ4v) is 2.88. The Morgan fingerprint density at radius 2 is 2.14 bits per heavy atom. The second-order valence-corrected chi connectivity index (χ2v) is 5.53. The van der Waals surface area contributed by atoms with Crippen LogP contribution in [0.1, 0.15) is 34.7 Å². The largest absolute Gasteiger partial charge is 0.496 e. The monoisotopic (exact) mass is 293 g/mol. The van der Waals surface area contributed by atoms with Crippen molar-refractivity contribution in [1.82, 2.24) is 4.90 Å². The lowest BCUT2D eigenvalue weighted by Gasteiger charge is -2.33. The van der Waals surface area contributed by atoms with Gasteiger partial charge in [-0.3, -0.25) is 4.79 Å². The van der Waals surface area contributed by atoms with Gasteiger partial charge in [0.15, 0.2) is 6.29 Å². The highest BCUT2D eigenvalue weighted by Crippen LogP contribution is 2.31. The second kappa shape index (κ2) is 7.54. The van der Waals surface area contributed by atoms with Gasteiger partial charge in [-0.1, -0.05) is 6.07 Å². The van der Waals surface area contributed by atoms with Crippen LogP contribution in [0.15, 0.2) is 18.2 Å². The third kappa shape index (κ3) is 4.03. The Hall–Kier alpha value is -1.43. The van der Waals surface area contributed by atoms with E-state index in [0.29, 0.717) is 23.8 Å². The maximum absolute atomic E-state index is 10.9. The van der Waals surface area contributed by atoms with Crippen LogP contribution >= 0.6 is 0 Å². The van der Waals surface area contributed by atoms with Crippen molar-refractivity contribution in [2.75, 3.05) is 33.4 Å². The maximum atomic E-state index is 10.9. The van der Waals surface area contributed by atoms with E-state index in [9.17, 15) is 9.90 Å². The highest BCUT2D eigenvalue weighted by molar-refractivity contribution is 5.79. The molecule has 1 fully saturated rings. The van der Waals surface area contributed by atoms with E-state index in [1.807, 2.05) is 18.2 Å². The van der Waals surface area contributed by atoms with Gasteiger partial charge in [-0.25, -0.2) is 0 Å². The maximum Gasteiger partial charge on any atom is 0.153 e. The molecule has 0 aliphatic carbocycles. The standard InChI is InChI=1S/C16H23NO4/c1-21-16-8-13(2-3-14(16)10-18)12-4-6-17(7-5-12)9-15(20)11-19/h2-3,8,10,12,15,19-20H,4-7,9,11H2,1H3/t15-/m1/s1. The number of likely N-dealkylation sites (tertiary alicyclic amines) is 1. The molecular formula is C16H23NO4. The summed E-state index contributed by atoms with van der Waals surface area (Å²) in [7, 11) is 1.57. The number of piperidine rings is 1. The van der Waals surface area contributed by atoms with Gasteiger partial charge in [0.05, 0.1) is 25.4 Å². The lowest BCUT2D eigenvalue weighted by atomic mass is 9.88. The van der Waals surface area contributed by atoms with Crippen molar-refractivity contribution in [3.63, 3.8) is 0 Å². The average Bonchev–Trinajstić information content (AvgIpc) is 2.54. The number of nitrogens with zero attached hydrogens (tertiary/aromatic N) is 1. The number of rotatable bonds is 6. The van der Waals surface area contributed by atoms with Crippen LogP contribution in [0.25, 0.3) is 0 Å². The molecule has 1 heterocycles. The van der Waals surface area contributed by atoms with Crippen molar-refractivity contribution in [3.05, 3.63) is 29.3 Å². The molecule has 1 aliphatic rings. The first kappa shape index (κ1) is 15.9. The SMILES string of the molecule is COc1cc(C2CCN(C[C@@H](O)CO)CC2)ccc1C=O. The summed E-state index contributed by atoms with van der Waals surface area (Å²) in [6.45, 7) is 2.14. The molecule has 1 atom stereocenters. The fraction of sp³-hybridized carbons (Fsp3) is 0.562. The quantitative estimate of drug-likeness (QED) is 0.767. The van der Waals surface area contributed by atoms with E-state index in [-0.39, 0.29) is 6.61 Å². The summed E-state index contributed by atoms with van der Waals surface area (Å²) in [4.78, 5) is 13.1. The number of aliphatic hydroxyl groups is 2. The number of methoxy groups -OCH3 is 1. The Morgan fingerprint density at radius 1 is 1.43 bits per heavy atom. The lowest BCUT2D eigenvalue weighted by molar-refractivity contribution is 0.0513. The molecule has 0 amide bonds. The Morgan fingerprint density at radius 3 is 2.71 bits per heavy atom. The Labute approximate surface area is 125 Å². The van der Waals surface area contributed by atoms with Crippen LogP contribution in [0.2, 0.25) is 0 Å². The number of benzene rings is 1. The molecule has 2 rings (SSSR count). The number of carbonyl (C=O) groups excluding carboxylic acids is 1. The van der Waals surface area contributed by atoms with Crippen LogP contribution in [0.3, 0.4) is 0 Å². The van der Waals surface area contributed by atoms with Gasteiger partial charge in [-0.15, -0.1) is 0 Å². The van der Waals surface area contributed by atoms with Gasteiger partial charge in [-0.05, 0) is 49.5 Å². The van der Waals surface area contributed by atoms with Crippen LogP contribution in [0, 0.1) is 0 Å². The summed E-state index contributed by atoms with van der Waals surface area (Å²) in [6.07, 6.45) is 2.15. The number of β-amino-alcohol motifs (C(OH)–C–C–N with tert-alkyl or cyclic N) is 1. The van der Waals surface area contributed by atoms with Gasteiger partial charge in [0.1, 0.15) is 5.75 Å². The highest BCUT2D eigenvalue weighted by atomic mass is 16.5. The lowest BCUT2D eigenvalue weighted by Crippen LogP contribution is -2.39. The molecule has 0 bridgehead atoms. The highest BCUT2D eigenvalue weighted by Gasteiger charge is 2.22. The third-order valence-corrected chi connectivity index (χ3v) is 4.12. The van der Waals surface area contributed by atoms with Gasteiger partial charge < -0.3 is 19.8 Å². The minimum atomic E-state index is -0.659. The number of aliphatic hydroxyl groups excluding tert-OH is 2. The van der Waals surface area contributed by atoms with Crippen molar-refractivity contribution in [2.24, 2.45) is 0 Å². The summed E-state index contributed by atoms with van der Waals surface area (Å²) in [5.41, 5.74) is 1.77. The van der Waals surface area contributed by atoms with Crippen molar-refractivity contribution in [2.45, 2.75) is 24.9 Å². The zero-order valence-electron chi connectivity index (χ0n) is 12.4. The minimum Gasteiger partial charge on any atom is -0.496 e. The van der Waals surface area contributed by atoms with Crippen LogP contribution in [0.5, 0.6) is 5.75 Å². The fourth-order valence-electron chi connectivity index (χ4n) is 2.88. The molecule has 0 radical (unpaired) electrons. The molecule has 1 aromatic rings. The molecule has 0 aromatic heterocycles. The van der Waals surface area contributed by atoms with E-state index in [4.69, 9.17) is 9.84 Å². The first-order valence-electron chi connectivity index (χ1n) is 7.32. The Bertz CT molecular complexity index is 469. The summed E-state index contributed by atoms with van der Waals surface area (Å²) in [6, 6.07) is 5.75. The Balaban J connectivity index is 1.97. The number of ether oxygens (including phenoxy) is 1. The molecule has 0 spiro atoms. The molecule has 1 saturated heterocycles. The van der Waals surface area contributed by atoms with Crippen LogP contribution in [-0.4, -0.2) is 60.9 Å². The summed E-state index contributed by atoms with van der Waals surface area (Å²) in [5, 5.41) is 18.4. The number of carbonyl (C=O) groups is 1. The Kier molecular flexibility index (Phi) is 5.73. The average molecular weight is 293 g/mol. The zero-order valence-corrected chi connectivity index (χ0v) is 12.4. The third-order valence-electron chi connectivity index (χ3n) is 4.12. The number of hydrogen-bond acceptors (Lipinski definition) is 5. The van der Waals surface area contributed by atoms with E-state index in [1.54, 1.807) is 7.11 Å². The molecule has 2 N–H and O–H groups in total. The molecule has 1 aromatic carbocycles. The van der Waals surface area contributed by atoms with Crippen molar-refractivity contribution >= 4 is 6.29 Å². The van der Waals surface area contributed by atoms with Crippen molar-refractivity contribution in [3.8, 4) is 5.75 Å². The molecule has 0 unspecified atom stereocenters. The molecule has 5 heteroatoms. The number of hydrogen-bond donors (Lipinski definition) is 2. The van der Waals surface area contributed by atoms with E-state index in [2.05, 4.69) is 4.90 Å². The summed E-state index contributed by atoms with van der Waals surface area (Å²) < 4.78 is 5.25. The minimum absolute atomic E-state index is 0.190. The first-order chi connectivity index (χ1) is 10.2. The van der Waals surface area contributed by atoms with Crippen molar-refractivity contribution in [1.29, 1.82) is 0 Å². The van der Waals surface area contributed by atoms with Gasteiger partial charge >= 0.3 is 0 Å². The van der Waals surface area contributed by atoms with Gasteiger partial charge in [-0.2, -0.15) is 0 Å². The first-order valence-corrected chi connectivity index (χ1v) is 7.32. The summed E-state index contributed by atoms with van der Waals surface area (Å²) >= 11 is 0. The van der Waals surface area contributed by atoms with E-state index in [0.717, 1.165) is 32.2 Å².